The molecular weight excluding hydrogens is 552 g/mol. The van der Waals surface area contributed by atoms with E-state index in [1.807, 2.05) is 24.3 Å². The first-order valence-corrected chi connectivity index (χ1v) is 13.6. The Hall–Kier alpha value is -4.62. The highest BCUT2D eigenvalue weighted by Gasteiger charge is 2.22. The molecule has 0 atom stereocenters. The number of nitrogen functional groups attached to an aromatic ring is 1. The van der Waals surface area contributed by atoms with Gasteiger partial charge in [0, 0.05) is 10.8 Å². The molecule has 5 aromatic rings. The molecule has 0 aliphatic carbocycles. The van der Waals surface area contributed by atoms with Crippen LogP contribution in [0.2, 0.25) is 0 Å². The molecule has 5 rings (SSSR count). The number of imidazole rings is 1. The van der Waals surface area contributed by atoms with Crippen LogP contribution in [0.25, 0.3) is 21.9 Å². The van der Waals surface area contributed by atoms with Gasteiger partial charge in [-0.2, -0.15) is 0 Å². The van der Waals surface area contributed by atoms with Gasteiger partial charge in [-0.25, -0.2) is 24.5 Å². The van der Waals surface area contributed by atoms with E-state index in [-0.39, 0.29) is 10.7 Å². The summed E-state index contributed by atoms with van der Waals surface area (Å²) in [6.45, 7) is 5.30. The van der Waals surface area contributed by atoms with Gasteiger partial charge in [-0.15, -0.1) is 22.7 Å². The van der Waals surface area contributed by atoms with E-state index in [1.165, 1.54) is 23.8 Å². The Bertz CT molecular complexity index is 1630. The number of carbonyl (C=O) groups is 3. The maximum atomic E-state index is 12.1. The number of para-hydroxylation sites is 4. The molecule has 0 aliphatic rings. The molecule has 40 heavy (non-hydrogen) atoms. The smallest absolute Gasteiger partial charge is 0.358 e. The minimum absolute atomic E-state index is 0.117. The number of fused-ring (bicyclic) bond motifs is 1. The monoisotopic (exact) mass is 578 g/mol. The number of anilines is 2. The van der Waals surface area contributed by atoms with Crippen LogP contribution < -0.4 is 11.1 Å². The molecule has 206 valence electrons. The molecule has 1 amide bonds. The van der Waals surface area contributed by atoms with Crippen molar-refractivity contribution in [2.24, 2.45) is 0 Å². The van der Waals surface area contributed by atoms with Crippen molar-refractivity contribution in [2.45, 2.75) is 26.4 Å². The largest absolute Gasteiger partial charge is 0.464 e. The molecule has 4 N–H and O–H groups in total. The number of nitrogens with two attached hydrogens (primary N) is 1. The average Bonchev–Trinajstić information content (AvgIpc) is 3.68. The summed E-state index contributed by atoms with van der Waals surface area (Å²) >= 11 is 2.43. The zero-order valence-corrected chi connectivity index (χ0v) is 23.7. The van der Waals surface area contributed by atoms with Gasteiger partial charge in [-0.3, -0.25) is 4.79 Å². The van der Waals surface area contributed by atoms with Crippen LogP contribution in [0.3, 0.4) is 0 Å². The van der Waals surface area contributed by atoms with Crippen LogP contribution in [-0.2, 0) is 9.47 Å². The van der Waals surface area contributed by atoms with Gasteiger partial charge in [0.1, 0.15) is 5.60 Å². The Kier molecular flexibility index (Phi) is 8.55. The third-order valence-corrected chi connectivity index (χ3v) is 6.70. The molecule has 0 radical (unpaired) electrons. The number of aromatic amines is 1. The fourth-order valence-electron chi connectivity index (χ4n) is 3.22. The zero-order chi connectivity index (χ0) is 28.9. The summed E-state index contributed by atoms with van der Waals surface area (Å²) in [5, 5.41) is 6.66. The second-order valence-corrected chi connectivity index (χ2v) is 10.9. The lowest BCUT2D eigenvalue weighted by Crippen LogP contribution is -2.24. The van der Waals surface area contributed by atoms with Crippen molar-refractivity contribution in [1.82, 2.24) is 19.9 Å². The van der Waals surface area contributed by atoms with Crippen molar-refractivity contribution in [3.05, 3.63) is 75.7 Å². The summed E-state index contributed by atoms with van der Waals surface area (Å²) < 4.78 is 9.83. The predicted octanol–water partition coefficient (Wildman–Crippen LogP) is 5.41. The summed E-state index contributed by atoms with van der Waals surface area (Å²) in [6, 6.07) is 14.6. The molecule has 0 saturated carbocycles. The topological polar surface area (TPSA) is 162 Å². The predicted molar refractivity (Wildman–Crippen MR) is 155 cm³/mol. The van der Waals surface area contributed by atoms with Gasteiger partial charge in [-0.05, 0) is 45.0 Å². The van der Waals surface area contributed by atoms with Crippen LogP contribution in [0.5, 0.6) is 0 Å². The summed E-state index contributed by atoms with van der Waals surface area (Å²) in [6.07, 6.45) is 0. The molecule has 0 spiro atoms. The summed E-state index contributed by atoms with van der Waals surface area (Å²) in [7, 11) is 1.34. The van der Waals surface area contributed by atoms with Crippen molar-refractivity contribution in [1.29, 1.82) is 0 Å². The number of nitrogens with one attached hydrogen (secondary N) is 2. The van der Waals surface area contributed by atoms with Gasteiger partial charge in [0.15, 0.2) is 27.2 Å². The van der Waals surface area contributed by atoms with Crippen LogP contribution in [-0.4, -0.2) is 50.5 Å². The molecule has 0 saturated heterocycles. The quantitative estimate of drug-likeness (QED) is 0.183. The number of amides is 1. The first-order chi connectivity index (χ1) is 19.0. The van der Waals surface area contributed by atoms with Crippen molar-refractivity contribution in [3.8, 4) is 10.8 Å². The normalized spacial score (nSPS) is 10.9. The minimum Gasteiger partial charge on any atom is -0.464 e. The van der Waals surface area contributed by atoms with Crippen molar-refractivity contribution in [3.63, 3.8) is 0 Å². The number of rotatable bonds is 5. The van der Waals surface area contributed by atoms with E-state index in [0.29, 0.717) is 27.9 Å². The van der Waals surface area contributed by atoms with Crippen molar-refractivity contribution in [2.75, 3.05) is 18.2 Å². The number of methoxy groups -OCH3 is 1. The van der Waals surface area contributed by atoms with Gasteiger partial charge in [0.25, 0.3) is 5.91 Å². The van der Waals surface area contributed by atoms with E-state index in [0.717, 1.165) is 22.4 Å². The lowest BCUT2D eigenvalue weighted by molar-refractivity contribution is 0.00634. The maximum Gasteiger partial charge on any atom is 0.358 e. The first kappa shape index (κ1) is 28.4. The molecule has 13 heteroatoms. The van der Waals surface area contributed by atoms with Gasteiger partial charge < -0.3 is 25.5 Å². The van der Waals surface area contributed by atoms with E-state index in [9.17, 15) is 14.4 Å². The second-order valence-electron chi connectivity index (χ2n) is 9.21. The van der Waals surface area contributed by atoms with E-state index < -0.39 is 23.4 Å². The number of hydrogen-bond acceptors (Lipinski definition) is 11. The van der Waals surface area contributed by atoms with Crippen LogP contribution >= 0.6 is 22.7 Å². The Morgan fingerprint density at radius 2 is 1.57 bits per heavy atom. The van der Waals surface area contributed by atoms with Gasteiger partial charge in [0.2, 0.25) is 0 Å². The number of H-pyrrole nitrogens is 1. The fraction of sp³-hybridized carbons (Fsp3) is 0.185. The van der Waals surface area contributed by atoms with E-state index in [2.05, 4.69) is 30.0 Å². The molecule has 3 heterocycles. The minimum atomic E-state index is -0.610. The molecule has 2 aromatic carbocycles. The summed E-state index contributed by atoms with van der Waals surface area (Å²) in [5.41, 5.74) is 8.36. The molecule has 0 bridgehead atoms. The third kappa shape index (κ3) is 7.07. The lowest BCUT2D eigenvalue weighted by Gasteiger charge is -2.18. The molecule has 0 fully saturated rings. The second kappa shape index (κ2) is 12.1. The first-order valence-electron chi connectivity index (χ1n) is 11.9. The number of benzene rings is 2. The number of ether oxygens (including phenoxy) is 2. The Morgan fingerprint density at radius 1 is 0.900 bits per heavy atom. The Balaban J connectivity index is 0.000000188. The number of carbonyl (C=O) groups excluding carboxylic acids is 3. The van der Waals surface area contributed by atoms with Crippen molar-refractivity contribution >= 4 is 62.9 Å². The lowest BCUT2D eigenvalue weighted by atomic mass is 10.2. The van der Waals surface area contributed by atoms with Crippen molar-refractivity contribution < 1.29 is 23.9 Å². The van der Waals surface area contributed by atoms with Gasteiger partial charge in [0.05, 0.1) is 29.5 Å². The fourth-order valence-corrected chi connectivity index (χ4v) is 4.64. The molecule has 0 aliphatic heterocycles. The number of hydrogen-bond donors (Lipinski definition) is 3. The molecule has 3 aromatic heterocycles. The van der Waals surface area contributed by atoms with Crippen LogP contribution in [0.15, 0.2) is 59.3 Å². The molecule has 11 nitrogen and oxygen atoms in total. The highest BCUT2D eigenvalue weighted by molar-refractivity contribution is 7.13. The van der Waals surface area contributed by atoms with Crippen LogP contribution in [0, 0.1) is 0 Å². The summed E-state index contributed by atoms with van der Waals surface area (Å²) in [5.74, 6) is -0.746. The highest BCUT2D eigenvalue weighted by atomic mass is 32.1. The van der Waals surface area contributed by atoms with E-state index in [1.54, 1.807) is 50.4 Å². The van der Waals surface area contributed by atoms with E-state index in [4.69, 9.17) is 10.5 Å². The highest BCUT2D eigenvalue weighted by Crippen LogP contribution is 2.24. The number of nitrogens with zero attached hydrogens (tertiary/aromatic N) is 3. The average molecular weight is 579 g/mol. The standard InChI is InChI=1S/C15H17N3O3S.C12H9N3O2S/c1-15(2,3)21-14(20)11-8-22-13(18-11)12(19)17-10-7-5-4-6-9(10)16;1-17-12(16)9-6-18-11(15-9)10-13-7-4-2-3-5-8(7)14-10/h4-8H,16H2,1-3H3,(H,17,19);2-6H,1H3,(H,13,14). The molecule has 0 unspecified atom stereocenters. The molecular formula is C27H26N6O5S2. The van der Waals surface area contributed by atoms with Crippen LogP contribution in [0.4, 0.5) is 11.4 Å². The van der Waals surface area contributed by atoms with Crippen LogP contribution in [0.1, 0.15) is 51.6 Å². The maximum absolute atomic E-state index is 12.1. The Labute approximate surface area is 237 Å². The number of thiazole rings is 2. The number of aromatic nitrogens is 4. The zero-order valence-electron chi connectivity index (χ0n) is 22.1. The Morgan fingerprint density at radius 3 is 2.27 bits per heavy atom. The SMILES string of the molecule is CC(C)(C)OC(=O)c1csc(C(=O)Nc2ccccc2N)n1.COC(=O)c1csc(-c2nc3ccccc3[nH]2)n1. The summed E-state index contributed by atoms with van der Waals surface area (Å²) in [4.78, 5) is 51.1. The van der Waals surface area contributed by atoms with Gasteiger partial charge >= 0.3 is 11.9 Å². The third-order valence-electron chi connectivity index (χ3n) is 5.01. The van der Waals surface area contributed by atoms with E-state index >= 15 is 0 Å². The van der Waals surface area contributed by atoms with Gasteiger partial charge in [-0.1, -0.05) is 24.3 Å². The number of esters is 2.